The Morgan fingerprint density at radius 2 is 1.65 bits per heavy atom. The van der Waals surface area contributed by atoms with Crippen molar-refractivity contribution in [2.24, 2.45) is 0 Å². The van der Waals surface area contributed by atoms with Gasteiger partial charge in [-0.25, -0.2) is 0 Å². The predicted octanol–water partition coefficient (Wildman–Crippen LogP) is -2.44. The van der Waals surface area contributed by atoms with Crippen molar-refractivity contribution < 1.29 is 75.8 Å². The van der Waals surface area contributed by atoms with Gasteiger partial charge < -0.3 is 9.90 Å². The first-order valence-corrected chi connectivity index (χ1v) is 7.31. The van der Waals surface area contributed by atoms with Crippen molar-refractivity contribution in [2.75, 3.05) is 0 Å². The van der Waals surface area contributed by atoms with Gasteiger partial charge in [0.1, 0.15) is 0 Å². The van der Waals surface area contributed by atoms with Gasteiger partial charge in [-0.2, -0.15) is 0 Å². The molecule has 3 rings (SSSR count). The van der Waals surface area contributed by atoms with Crippen LogP contribution in [0.1, 0.15) is 26.3 Å². The fraction of sp³-hybridized carbons (Fsp3) is 0.118. The molecule has 0 aliphatic carbocycles. The molecule has 1 unspecified atom stereocenters. The van der Waals surface area contributed by atoms with Gasteiger partial charge in [-0.3, -0.25) is 24.6 Å². The Morgan fingerprint density at radius 3 is 2.23 bits per heavy atom. The maximum absolute atomic E-state index is 12.5. The minimum atomic E-state index is -1.58. The molecule has 2 amide bonds. The molecule has 0 radical (unpaired) electrons. The molecule has 1 aliphatic heterocycles. The van der Waals surface area contributed by atoms with Crippen LogP contribution in [0.15, 0.2) is 48.5 Å². The summed E-state index contributed by atoms with van der Waals surface area (Å²) in [7, 11) is 0. The SMILES string of the molecule is O=C([O-])C(Cc1ccccc1)N1C(=O)c2ccc([N+](=O)[O-])cc2C1=O.[K+]. The van der Waals surface area contributed by atoms with Crippen LogP contribution in [0.3, 0.4) is 0 Å². The zero-order valence-corrected chi connectivity index (χ0v) is 16.9. The summed E-state index contributed by atoms with van der Waals surface area (Å²) in [5, 5.41) is 22.4. The van der Waals surface area contributed by atoms with Gasteiger partial charge >= 0.3 is 51.4 Å². The Morgan fingerprint density at radius 1 is 1.04 bits per heavy atom. The van der Waals surface area contributed by atoms with E-state index in [1.807, 2.05) is 0 Å². The van der Waals surface area contributed by atoms with Crippen molar-refractivity contribution >= 4 is 23.5 Å². The summed E-state index contributed by atoms with van der Waals surface area (Å²) in [6.45, 7) is 0. The average molecular weight is 378 g/mol. The van der Waals surface area contributed by atoms with E-state index in [2.05, 4.69) is 0 Å². The number of amides is 2. The second-order valence-electron chi connectivity index (χ2n) is 5.49. The van der Waals surface area contributed by atoms with Gasteiger partial charge in [0.15, 0.2) is 0 Å². The second kappa shape index (κ2) is 8.19. The predicted molar refractivity (Wildman–Crippen MR) is 82.5 cm³/mol. The molecule has 126 valence electrons. The van der Waals surface area contributed by atoms with E-state index in [0.29, 0.717) is 10.5 Å². The summed E-state index contributed by atoms with van der Waals surface area (Å²) in [6.07, 6.45) is -0.114. The van der Waals surface area contributed by atoms with Crippen LogP contribution in [0.5, 0.6) is 0 Å². The van der Waals surface area contributed by atoms with Crippen molar-refractivity contribution in [3.63, 3.8) is 0 Å². The van der Waals surface area contributed by atoms with Crippen molar-refractivity contribution in [1.82, 2.24) is 4.90 Å². The first-order chi connectivity index (χ1) is 11.9. The number of carboxylic acid groups (broad SMARTS) is 1. The summed E-state index contributed by atoms with van der Waals surface area (Å²) >= 11 is 0. The molecule has 1 heterocycles. The number of non-ortho nitro benzene ring substituents is 1. The molecular weight excluding hydrogens is 367 g/mol. The number of nitro benzene ring substituents is 1. The van der Waals surface area contributed by atoms with E-state index in [0.717, 1.165) is 18.2 Å². The van der Waals surface area contributed by atoms with Crippen LogP contribution in [-0.4, -0.2) is 33.6 Å². The smallest absolute Gasteiger partial charge is 0.548 e. The van der Waals surface area contributed by atoms with Crippen LogP contribution in [0, 0.1) is 10.1 Å². The number of carbonyl (C=O) groups excluding carboxylic acids is 3. The molecule has 0 saturated heterocycles. The standard InChI is InChI=1S/C17H12N2O6.K/c20-15-12-7-6-11(19(24)25)9-13(12)16(21)18(15)14(17(22)23)8-10-4-2-1-3-5-10;/h1-7,9,14H,8H2,(H,22,23);/q;+1/p-1. The number of hydrogen-bond donors (Lipinski definition) is 0. The quantitative estimate of drug-likeness (QED) is 0.247. The molecule has 0 saturated carbocycles. The molecule has 8 nitrogen and oxygen atoms in total. The van der Waals surface area contributed by atoms with Crippen LogP contribution >= 0.6 is 0 Å². The van der Waals surface area contributed by atoms with Crippen molar-refractivity contribution in [3.05, 3.63) is 75.3 Å². The minimum Gasteiger partial charge on any atom is -0.548 e. The zero-order valence-electron chi connectivity index (χ0n) is 13.7. The Kier molecular flexibility index (Phi) is 6.42. The number of fused-ring (bicyclic) bond motifs is 1. The van der Waals surface area contributed by atoms with Crippen LogP contribution < -0.4 is 56.5 Å². The molecule has 2 aromatic rings. The largest absolute Gasteiger partial charge is 1.00 e. The average Bonchev–Trinajstić information content (AvgIpc) is 2.84. The summed E-state index contributed by atoms with van der Waals surface area (Å²) in [5.41, 5.74) is 0.0162. The summed E-state index contributed by atoms with van der Waals surface area (Å²) in [4.78, 5) is 47.3. The van der Waals surface area contributed by atoms with E-state index in [1.54, 1.807) is 30.3 Å². The maximum Gasteiger partial charge on any atom is 1.00 e. The molecule has 0 N–H and O–H groups in total. The monoisotopic (exact) mass is 378 g/mol. The van der Waals surface area contributed by atoms with Gasteiger partial charge in [-0.1, -0.05) is 30.3 Å². The van der Waals surface area contributed by atoms with E-state index in [1.165, 1.54) is 0 Å². The van der Waals surface area contributed by atoms with Crippen molar-refractivity contribution in [1.29, 1.82) is 0 Å². The normalized spacial score (nSPS) is 13.8. The molecule has 0 fully saturated rings. The maximum atomic E-state index is 12.5. The summed E-state index contributed by atoms with van der Waals surface area (Å²) in [5.74, 6) is -3.26. The molecule has 9 heteroatoms. The molecule has 26 heavy (non-hydrogen) atoms. The number of aliphatic carboxylic acids is 1. The first-order valence-electron chi connectivity index (χ1n) is 7.31. The number of carboxylic acids is 1. The minimum absolute atomic E-state index is 0. The van der Waals surface area contributed by atoms with E-state index < -0.39 is 28.7 Å². The number of carbonyl (C=O) groups is 3. The van der Waals surface area contributed by atoms with Gasteiger partial charge in [0.2, 0.25) is 0 Å². The number of imide groups is 1. The third-order valence-electron chi connectivity index (χ3n) is 3.97. The Labute approximate surface area is 190 Å². The van der Waals surface area contributed by atoms with Gasteiger partial charge in [-0.05, 0) is 18.1 Å². The zero-order chi connectivity index (χ0) is 18.1. The molecule has 0 aromatic heterocycles. The van der Waals surface area contributed by atoms with Crippen molar-refractivity contribution in [2.45, 2.75) is 12.5 Å². The molecule has 2 aromatic carbocycles. The van der Waals surface area contributed by atoms with Gasteiger partial charge in [-0.15, -0.1) is 0 Å². The van der Waals surface area contributed by atoms with Gasteiger partial charge in [0.05, 0.1) is 28.1 Å². The molecule has 1 aliphatic rings. The summed E-state index contributed by atoms with van der Waals surface area (Å²) in [6, 6.07) is 10.2. The number of nitrogens with zero attached hydrogens (tertiary/aromatic N) is 2. The van der Waals surface area contributed by atoms with E-state index in [4.69, 9.17) is 0 Å². The van der Waals surface area contributed by atoms with Crippen LogP contribution in [0.4, 0.5) is 5.69 Å². The number of nitro groups is 1. The molecule has 0 bridgehead atoms. The molecular formula is C17H11KN2O6. The molecule has 0 spiro atoms. The number of rotatable bonds is 5. The van der Waals surface area contributed by atoms with Crippen molar-refractivity contribution in [3.8, 4) is 0 Å². The Hall–Kier alpha value is -1.91. The van der Waals surface area contributed by atoms with Crippen LogP contribution in [0.25, 0.3) is 0 Å². The Balaban J connectivity index is 0.00000243. The third kappa shape index (κ3) is 3.76. The van der Waals surface area contributed by atoms with E-state index in [9.17, 15) is 29.6 Å². The van der Waals surface area contributed by atoms with Crippen LogP contribution in [0.2, 0.25) is 0 Å². The topological polar surface area (TPSA) is 121 Å². The number of hydrogen-bond acceptors (Lipinski definition) is 6. The second-order valence-corrected chi connectivity index (χ2v) is 5.49. The third-order valence-corrected chi connectivity index (χ3v) is 3.97. The first kappa shape index (κ1) is 20.4. The fourth-order valence-electron chi connectivity index (χ4n) is 2.76. The summed E-state index contributed by atoms with van der Waals surface area (Å²) < 4.78 is 0. The number of benzene rings is 2. The molecule has 1 atom stereocenters. The van der Waals surface area contributed by atoms with Gasteiger partial charge in [0.25, 0.3) is 17.5 Å². The van der Waals surface area contributed by atoms with Gasteiger partial charge in [0, 0.05) is 12.1 Å². The Bertz CT molecular complexity index is 899. The fourth-order valence-corrected chi connectivity index (χ4v) is 2.76. The van der Waals surface area contributed by atoms with Crippen LogP contribution in [-0.2, 0) is 11.2 Å². The van der Waals surface area contributed by atoms with E-state index >= 15 is 0 Å². The van der Waals surface area contributed by atoms with E-state index in [-0.39, 0.29) is 74.6 Å².